The average molecular weight is 378 g/mol. The van der Waals surface area contributed by atoms with Crippen molar-refractivity contribution in [3.05, 3.63) is 60.1 Å². The van der Waals surface area contributed by atoms with E-state index in [1.54, 1.807) is 30.3 Å². The summed E-state index contributed by atoms with van der Waals surface area (Å²) in [5.74, 6) is 0.419. The van der Waals surface area contributed by atoms with Gasteiger partial charge in [0.2, 0.25) is 0 Å². The summed E-state index contributed by atoms with van der Waals surface area (Å²) in [5.41, 5.74) is 3.64. The van der Waals surface area contributed by atoms with E-state index in [0.29, 0.717) is 0 Å². The number of ketones is 1. The van der Waals surface area contributed by atoms with Crippen molar-refractivity contribution in [2.45, 2.75) is 43.9 Å². The van der Waals surface area contributed by atoms with Crippen molar-refractivity contribution in [2.24, 2.45) is 5.92 Å². The first kappa shape index (κ1) is 18.0. The van der Waals surface area contributed by atoms with Crippen LogP contribution in [-0.4, -0.2) is 19.7 Å². The molecule has 27 heavy (non-hydrogen) atoms. The van der Waals surface area contributed by atoms with Crippen LogP contribution in [0.2, 0.25) is 0 Å². The largest absolute Gasteiger partial charge is 0.295 e. The maximum atomic E-state index is 12.3. The number of benzene rings is 1. The van der Waals surface area contributed by atoms with Crippen LogP contribution in [0.15, 0.2) is 53.7 Å². The van der Waals surface area contributed by atoms with Crippen LogP contribution >= 0.6 is 11.9 Å². The highest BCUT2D eigenvalue weighted by Crippen LogP contribution is 2.26. The van der Waals surface area contributed by atoms with Crippen LogP contribution in [0.1, 0.15) is 43.4 Å². The maximum Gasteiger partial charge on any atom is 0.169 e. The zero-order chi connectivity index (χ0) is 18.6. The summed E-state index contributed by atoms with van der Waals surface area (Å²) in [6.45, 7) is 2.08. The van der Waals surface area contributed by atoms with Crippen molar-refractivity contribution in [1.82, 2.24) is 13.9 Å². The Bertz CT molecular complexity index is 969. The lowest BCUT2D eigenvalue weighted by Gasteiger charge is -2.18. The van der Waals surface area contributed by atoms with Crippen LogP contribution in [0.4, 0.5) is 0 Å². The Hall–Kier alpha value is -2.40. The molecular formula is C22H23N3OS. The number of carbonyl (C=O) groups is 1. The van der Waals surface area contributed by atoms with Gasteiger partial charge in [0.15, 0.2) is 11.4 Å². The summed E-state index contributed by atoms with van der Waals surface area (Å²) in [6.07, 6.45) is 12.8. The zero-order valence-corrected chi connectivity index (χ0v) is 16.3. The highest BCUT2D eigenvalue weighted by Gasteiger charge is 2.18. The molecule has 0 amide bonds. The minimum absolute atomic E-state index is 0.193. The van der Waals surface area contributed by atoms with Crippen LogP contribution in [0.25, 0.3) is 17.2 Å². The van der Waals surface area contributed by atoms with Gasteiger partial charge in [0, 0.05) is 17.0 Å². The highest BCUT2D eigenvalue weighted by molar-refractivity contribution is 7.98. The Morgan fingerprint density at radius 1 is 1.15 bits per heavy atom. The van der Waals surface area contributed by atoms with Gasteiger partial charge < -0.3 is 0 Å². The van der Waals surface area contributed by atoms with Gasteiger partial charge in [0.05, 0.1) is 11.9 Å². The first-order valence-corrected chi connectivity index (χ1v) is 10.3. The molecule has 3 aromatic rings. The maximum absolute atomic E-state index is 12.3. The molecular weight excluding hydrogens is 354 g/mol. The van der Waals surface area contributed by atoms with Crippen LogP contribution < -0.4 is 0 Å². The molecule has 138 valence electrons. The van der Waals surface area contributed by atoms with Gasteiger partial charge in [-0.3, -0.25) is 8.77 Å². The van der Waals surface area contributed by atoms with Gasteiger partial charge >= 0.3 is 0 Å². The van der Waals surface area contributed by atoms with Gasteiger partial charge in [-0.25, -0.2) is 9.97 Å². The third kappa shape index (κ3) is 4.30. The van der Waals surface area contributed by atoms with E-state index in [2.05, 4.69) is 41.2 Å². The third-order valence-corrected chi connectivity index (χ3v) is 6.00. The lowest BCUT2D eigenvalue weighted by atomic mass is 9.86. The lowest BCUT2D eigenvalue weighted by molar-refractivity contribution is -0.119. The second-order valence-electron chi connectivity index (χ2n) is 7.12. The summed E-state index contributed by atoms with van der Waals surface area (Å²) in [6, 6.07) is 10.4. The van der Waals surface area contributed by atoms with E-state index in [0.717, 1.165) is 34.6 Å². The second kappa shape index (κ2) is 8.09. The molecule has 5 heteroatoms. The quantitative estimate of drug-likeness (QED) is 0.554. The molecule has 0 aliphatic heterocycles. The van der Waals surface area contributed by atoms with E-state index in [-0.39, 0.29) is 11.7 Å². The number of rotatable bonds is 5. The molecule has 0 N–H and O–H groups in total. The van der Waals surface area contributed by atoms with Crippen molar-refractivity contribution < 1.29 is 4.79 Å². The van der Waals surface area contributed by atoms with E-state index in [9.17, 15) is 4.79 Å². The van der Waals surface area contributed by atoms with Gasteiger partial charge in [0.25, 0.3) is 0 Å². The summed E-state index contributed by atoms with van der Waals surface area (Å²) in [7, 11) is 0. The van der Waals surface area contributed by atoms with Crippen molar-refractivity contribution in [2.75, 3.05) is 0 Å². The minimum Gasteiger partial charge on any atom is -0.295 e. The van der Waals surface area contributed by atoms with Crippen LogP contribution in [0.3, 0.4) is 0 Å². The van der Waals surface area contributed by atoms with Gasteiger partial charge in [0.1, 0.15) is 5.52 Å². The Kier molecular flexibility index (Phi) is 5.39. The fourth-order valence-electron chi connectivity index (χ4n) is 3.46. The monoisotopic (exact) mass is 377 g/mol. The number of carbonyl (C=O) groups excluding carboxylic acids is 1. The van der Waals surface area contributed by atoms with Gasteiger partial charge in [-0.15, -0.1) is 0 Å². The second-order valence-corrected chi connectivity index (χ2v) is 8.17. The van der Waals surface area contributed by atoms with Crippen LogP contribution in [-0.2, 0) is 4.79 Å². The normalized spacial score (nSPS) is 15.6. The van der Waals surface area contributed by atoms with E-state index in [1.165, 1.54) is 24.8 Å². The molecule has 4 nitrogen and oxygen atoms in total. The number of aromatic nitrogens is 3. The predicted octanol–water partition coefficient (Wildman–Crippen LogP) is 5.46. The average Bonchev–Trinajstić information content (AvgIpc) is 3.10. The number of nitrogens with zero attached hydrogens (tertiary/aromatic N) is 3. The topological polar surface area (TPSA) is 47.8 Å². The summed E-state index contributed by atoms with van der Waals surface area (Å²) in [5, 5.41) is 0. The van der Waals surface area contributed by atoms with Crippen LogP contribution in [0, 0.1) is 12.8 Å². The Morgan fingerprint density at radius 2 is 1.93 bits per heavy atom. The van der Waals surface area contributed by atoms with Crippen LogP contribution in [0.5, 0.6) is 0 Å². The molecule has 2 heterocycles. The minimum atomic E-state index is 0.193. The van der Waals surface area contributed by atoms with Crippen molar-refractivity contribution in [3.8, 4) is 0 Å². The van der Waals surface area contributed by atoms with Gasteiger partial charge in [-0.1, -0.05) is 37.0 Å². The van der Waals surface area contributed by atoms with E-state index in [4.69, 9.17) is 0 Å². The SMILES string of the molecule is Cc1ccc(Sn2ccc3nc(/C=C/C(=O)C4CCCCC4)cnc32)cc1. The first-order chi connectivity index (χ1) is 13.2. The predicted molar refractivity (Wildman–Crippen MR) is 111 cm³/mol. The molecule has 1 aliphatic rings. The highest BCUT2D eigenvalue weighted by atomic mass is 32.2. The fourth-order valence-corrected chi connectivity index (χ4v) is 4.29. The smallest absolute Gasteiger partial charge is 0.169 e. The fraction of sp³-hybridized carbons (Fsp3) is 0.318. The van der Waals surface area contributed by atoms with E-state index >= 15 is 0 Å². The molecule has 1 saturated carbocycles. The molecule has 0 atom stereocenters. The number of allylic oxidation sites excluding steroid dienone is 1. The molecule has 1 fully saturated rings. The Labute approximate surface area is 163 Å². The van der Waals surface area contributed by atoms with Crippen molar-refractivity contribution in [1.29, 1.82) is 0 Å². The number of hydrogen-bond acceptors (Lipinski definition) is 4. The zero-order valence-electron chi connectivity index (χ0n) is 15.5. The lowest BCUT2D eigenvalue weighted by Crippen LogP contribution is -2.15. The number of hydrogen-bond donors (Lipinski definition) is 0. The van der Waals surface area contributed by atoms with Gasteiger partial charge in [-0.05, 0) is 62.1 Å². The molecule has 0 radical (unpaired) electrons. The van der Waals surface area contributed by atoms with E-state index in [1.807, 2.05) is 16.2 Å². The first-order valence-electron chi connectivity index (χ1n) is 9.50. The molecule has 0 bridgehead atoms. The molecule has 1 aliphatic carbocycles. The Balaban J connectivity index is 1.49. The molecule has 1 aromatic carbocycles. The molecule has 0 saturated heterocycles. The van der Waals surface area contributed by atoms with Crippen molar-refractivity contribution >= 4 is 35.0 Å². The summed E-state index contributed by atoms with van der Waals surface area (Å²) < 4.78 is 2.02. The number of fused-ring (bicyclic) bond motifs is 1. The number of aryl methyl sites for hydroxylation is 1. The molecule has 4 rings (SSSR count). The standard InChI is InChI=1S/C22H23N3OS/c1-16-7-10-19(11-8-16)27-25-14-13-20-22(25)23-15-18(24-20)9-12-21(26)17-5-3-2-4-6-17/h7-15,17H,2-6H2,1H3/b12-9+. The van der Waals surface area contributed by atoms with Crippen molar-refractivity contribution in [3.63, 3.8) is 0 Å². The third-order valence-electron chi connectivity index (χ3n) is 5.02. The van der Waals surface area contributed by atoms with E-state index < -0.39 is 0 Å². The van der Waals surface area contributed by atoms with Gasteiger partial charge in [-0.2, -0.15) is 0 Å². The summed E-state index contributed by atoms with van der Waals surface area (Å²) >= 11 is 1.62. The molecule has 2 aromatic heterocycles. The molecule has 0 unspecified atom stereocenters. The Morgan fingerprint density at radius 3 is 2.70 bits per heavy atom. The molecule has 0 spiro atoms. The summed E-state index contributed by atoms with van der Waals surface area (Å²) in [4.78, 5) is 22.7.